The molecule has 0 heterocycles. The van der Waals surface area contributed by atoms with E-state index < -0.39 is 21.3 Å². The van der Waals surface area contributed by atoms with Crippen LogP contribution in [-0.4, -0.2) is 3.21 Å². The minimum atomic E-state index is -2.97. The molecule has 0 aromatic heterocycles. The van der Waals surface area contributed by atoms with Crippen molar-refractivity contribution in [2.45, 2.75) is 78.1 Å². The maximum Gasteiger partial charge on any atom is -1.00 e. The Balaban J connectivity index is 0.00000283. The molecule has 294 valence electrons. The van der Waals surface area contributed by atoms with Gasteiger partial charge in [-0.2, -0.15) is 0 Å². The van der Waals surface area contributed by atoms with E-state index in [0.717, 1.165) is 35.7 Å². The molecule has 0 fully saturated rings. The van der Waals surface area contributed by atoms with Gasteiger partial charge in [0.15, 0.2) is 0 Å². The van der Waals surface area contributed by atoms with E-state index in [0.29, 0.717) is 0 Å². The van der Waals surface area contributed by atoms with Crippen LogP contribution in [0.3, 0.4) is 0 Å². The molecule has 0 nitrogen and oxygen atoms in total. The average Bonchev–Trinajstić information content (AvgIpc) is 3.84. The van der Waals surface area contributed by atoms with Crippen LogP contribution < -0.4 is 28.1 Å². The second kappa shape index (κ2) is 18.1. The fraction of sp³-hybridized carbons (Fsp3) is 0.226. The van der Waals surface area contributed by atoms with Crippen molar-refractivity contribution >= 4 is 29.7 Å². The van der Waals surface area contributed by atoms with Crippen LogP contribution in [0.4, 0.5) is 0 Å². The Labute approximate surface area is 376 Å². The van der Waals surface area contributed by atoms with Crippen molar-refractivity contribution in [3.05, 3.63) is 192 Å². The molecular weight excluding hydrogens is 870 g/mol. The van der Waals surface area contributed by atoms with Crippen LogP contribution in [0.25, 0.3) is 33.4 Å². The quantitative estimate of drug-likeness (QED) is 0.144. The summed E-state index contributed by atoms with van der Waals surface area (Å²) in [5.41, 5.74) is 16.6. The maximum atomic E-state index is 6.48. The second-order valence-electron chi connectivity index (χ2n) is 17.6. The van der Waals surface area contributed by atoms with Gasteiger partial charge in [0.25, 0.3) is 0 Å². The van der Waals surface area contributed by atoms with Gasteiger partial charge in [0.1, 0.15) is 0 Å². The molecule has 0 spiro atoms. The van der Waals surface area contributed by atoms with Crippen molar-refractivity contribution in [3.63, 3.8) is 0 Å². The first kappa shape index (κ1) is 44.3. The average molecular weight is 920 g/mol. The molecule has 5 heteroatoms. The van der Waals surface area contributed by atoms with Gasteiger partial charge in [-0.3, -0.25) is 0 Å². The van der Waals surface area contributed by atoms with Crippen LogP contribution in [0, 0.1) is 0 Å². The molecule has 0 atom stereocenters. The molecule has 0 aliphatic heterocycles. The number of allylic oxidation sites excluding steroid dienone is 4. The van der Waals surface area contributed by atoms with Gasteiger partial charge in [-0.15, -0.1) is 0 Å². The van der Waals surface area contributed by atoms with Crippen molar-refractivity contribution in [1.29, 1.82) is 0 Å². The normalized spacial score (nSPS) is 12.8. The van der Waals surface area contributed by atoms with E-state index in [1.54, 1.807) is 15.3 Å². The van der Waals surface area contributed by atoms with E-state index in [-0.39, 0.29) is 35.6 Å². The van der Waals surface area contributed by atoms with Crippen molar-refractivity contribution in [2.24, 2.45) is 0 Å². The standard InChI is InChI=1S/C33H33.C15H12Cl2.C5H5.2ClH.Zr/c1-32(2,3)30-20-26-24(18-28(30)22-13-9-7-10-14-22)17-25-19-29(23-15-11-8-12-16-23)31(21-27(25)26)33(4,5)6;16-14-8-4-12(5-9-14)2-1-3-13-6-10-15(17)11-7-13;1-2-4-5-3-1;;;/h7-16,18,20-21H,17H2,1-6H3;4-11H,2-3H2;1-3H,4H2;2*1H;/q;;;;;+2/p-2. The summed E-state index contributed by atoms with van der Waals surface area (Å²) in [6.45, 7) is 14.3. The van der Waals surface area contributed by atoms with Crippen LogP contribution in [0.15, 0.2) is 149 Å². The summed E-state index contributed by atoms with van der Waals surface area (Å²) in [6.07, 6.45) is 11.0. The Morgan fingerprint density at radius 2 is 1.10 bits per heavy atom. The van der Waals surface area contributed by atoms with E-state index in [2.05, 4.69) is 187 Å². The van der Waals surface area contributed by atoms with Crippen LogP contribution in [0.1, 0.15) is 81.3 Å². The van der Waals surface area contributed by atoms with E-state index >= 15 is 0 Å². The van der Waals surface area contributed by atoms with Gasteiger partial charge in [-0.1, -0.05) is 0 Å². The summed E-state index contributed by atoms with van der Waals surface area (Å²) in [4.78, 5) is 0. The predicted octanol–water partition coefficient (Wildman–Crippen LogP) is 8.25. The van der Waals surface area contributed by atoms with Crippen molar-refractivity contribution in [1.82, 2.24) is 0 Å². The zero-order valence-electron chi connectivity index (χ0n) is 34.2. The van der Waals surface area contributed by atoms with Gasteiger partial charge in [-0.25, -0.2) is 0 Å². The number of hydrogen-bond acceptors (Lipinski definition) is 0. The topological polar surface area (TPSA) is 0 Å². The first-order chi connectivity index (χ1) is 26.8. The Bertz CT molecular complexity index is 2460. The third-order valence-corrected chi connectivity index (χ3v) is 19.6. The molecule has 2 aliphatic carbocycles. The van der Waals surface area contributed by atoms with Crippen molar-refractivity contribution < 1.29 is 46.1 Å². The Kier molecular flexibility index (Phi) is 13.8. The summed E-state index contributed by atoms with van der Waals surface area (Å²) >= 11 is 9.98. The molecule has 0 N–H and O–H groups in total. The summed E-state index contributed by atoms with van der Waals surface area (Å²) < 4.78 is 4.98. The minimum Gasteiger partial charge on any atom is -1.00 e. The molecule has 0 unspecified atom stereocenters. The molecule has 6 aromatic carbocycles. The fourth-order valence-electron chi connectivity index (χ4n) is 8.76. The third-order valence-electron chi connectivity index (χ3n) is 11.5. The summed E-state index contributed by atoms with van der Waals surface area (Å²) in [5, 5.41) is 1.55. The van der Waals surface area contributed by atoms with E-state index in [4.69, 9.17) is 23.2 Å². The first-order valence-electron chi connectivity index (χ1n) is 19.9. The fourth-order valence-corrected chi connectivity index (χ4v) is 17.7. The third kappa shape index (κ3) is 9.21. The summed E-state index contributed by atoms with van der Waals surface area (Å²) in [5.74, 6) is 0. The van der Waals surface area contributed by atoms with Gasteiger partial charge in [0, 0.05) is 0 Å². The van der Waals surface area contributed by atoms with Gasteiger partial charge in [-0.05, 0) is 0 Å². The summed E-state index contributed by atoms with van der Waals surface area (Å²) in [6, 6.07) is 47.2. The molecule has 0 saturated heterocycles. The number of halogens is 4. The first-order valence-corrected chi connectivity index (χ1v) is 24.4. The maximum absolute atomic E-state index is 6.48. The van der Waals surface area contributed by atoms with E-state index in [1.807, 2.05) is 0 Å². The van der Waals surface area contributed by atoms with Crippen molar-refractivity contribution in [3.8, 4) is 33.4 Å². The number of rotatable bonds is 8. The van der Waals surface area contributed by atoms with Crippen LogP contribution in [0.5, 0.6) is 0 Å². The Morgan fingerprint density at radius 3 is 1.60 bits per heavy atom. The molecule has 0 radical (unpaired) electrons. The Hall–Kier alpha value is -3.29. The zero-order chi connectivity index (χ0) is 39.2. The SMILES string of the molecule is CC(C)(C)c1cc2c(cc1-c1ccccc1)Cc1c-2cc(C(C)(C)C)c(-c2ccccc2)[c]1[Zr+2]([C]1=CC=CC1)=[C](Cc1ccc(Cl)cc1)Cc1ccc(Cl)cc1.[Cl-].[Cl-]. The molecule has 0 amide bonds. The van der Waals surface area contributed by atoms with Gasteiger partial charge in [0.05, 0.1) is 0 Å². The van der Waals surface area contributed by atoms with Crippen LogP contribution in [-0.2, 0) is 51.4 Å². The number of hydrogen-bond donors (Lipinski definition) is 0. The molecule has 8 rings (SSSR count). The largest absolute Gasteiger partial charge is 1.00 e. The smallest absolute Gasteiger partial charge is 1.00 e. The predicted molar refractivity (Wildman–Crippen MR) is 240 cm³/mol. The molecular formula is C53H50Cl4Zr. The van der Waals surface area contributed by atoms with Crippen LogP contribution >= 0.6 is 23.2 Å². The molecule has 6 aromatic rings. The van der Waals surface area contributed by atoms with Crippen molar-refractivity contribution in [2.75, 3.05) is 0 Å². The molecule has 2 aliphatic rings. The van der Waals surface area contributed by atoms with E-state index in [9.17, 15) is 0 Å². The zero-order valence-corrected chi connectivity index (χ0v) is 39.7. The Morgan fingerprint density at radius 1 is 0.586 bits per heavy atom. The van der Waals surface area contributed by atoms with Crippen LogP contribution in [0.2, 0.25) is 10.0 Å². The molecule has 0 bridgehead atoms. The summed E-state index contributed by atoms with van der Waals surface area (Å²) in [7, 11) is 0. The monoisotopic (exact) mass is 916 g/mol. The van der Waals surface area contributed by atoms with E-state index in [1.165, 1.54) is 61.2 Å². The second-order valence-corrected chi connectivity index (χ2v) is 24.8. The number of benzene rings is 6. The molecule has 0 saturated carbocycles. The number of fused-ring (bicyclic) bond motifs is 3. The van der Waals surface area contributed by atoms with Gasteiger partial charge in [0.2, 0.25) is 0 Å². The minimum absolute atomic E-state index is 0. The van der Waals surface area contributed by atoms with Gasteiger partial charge < -0.3 is 24.8 Å². The van der Waals surface area contributed by atoms with Gasteiger partial charge >= 0.3 is 355 Å². The molecule has 58 heavy (non-hydrogen) atoms.